The van der Waals surface area contributed by atoms with Crippen molar-refractivity contribution in [3.63, 3.8) is 0 Å². The van der Waals surface area contributed by atoms with Crippen LogP contribution < -0.4 is 24.8 Å². The number of amides is 2. The second-order valence-electron chi connectivity index (χ2n) is 6.14. The number of benzene rings is 2. The van der Waals surface area contributed by atoms with Crippen LogP contribution in [0.2, 0.25) is 0 Å². The van der Waals surface area contributed by atoms with Crippen molar-refractivity contribution in [3.8, 4) is 17.2 Å². The first kappa shape index (κ1) is 20.0. The molecule has 1 aromatic heterocycles. The fourth-order valence-corrected chi connectivity index (χ4v) is 3.01. The second-order valence-corrected chi connectivity index (χ2v) is 6.14. The largest absolute Gasteiger partial charge is 0.493 e. The summed E-state index contributed by atoms with van der Waals surface area (Å²) < 4.78 is 16.0. The van der Waals surface area contributed by atoms with E-state index in [1.807, 2.05) is 42.5 Å². The molecule has 29 heavy (non-hydrogen) atoms. The predicted octanol–water partition coefficient (Wildman–Crippen LogP) is 4.02. The van der Waals surface area contributed by atoms with Crippen molar-refractivity contribution >= 4 is 11.7 Å². The fraction of sp³-hybridized carbons (Fsp3) is 0.182. The van der Waals surface area contributed by atoms with Gasteiger partial charge in [-0.1, -0.05) is 30.3 Å². The minimum atomic E-state index is -0.370. The summed E-state index contributed by atoms with van der Waals surface area (Å²) in [7, 11) is 4.57. The van der Waals surface area contributed by atoms with Gasteiger partial charge in [0.05, 0.1) is 33.1 Å². The van der Waals surface area contributed by atoms with Gasteiger partial charge in [-0.2, -0.15) is 0 Å². The molecule has 0 radical (unpaired) electrons. The van der Waals surface area contributed by atoms with Crippen molar-refractivity contribution in [2.45, 2.75) is 6.04 Å². The van der Waals surface area contributed by atoms with Crippen molar-refractivity contribution in [2.75, 3.05) is 26.6 Å². The molecular weight excluding hydrogens is 370 g/mol. The number of urea groups is 1. The van der Waals surface area contributed by atoms with Crippen LogP contribution in [-0.2, 0) is 0 Å². The monoisotopic (exact) mass is 393 g/mol. The second kappa shape index (κ2) is 9.45. The molecule has 0 aliphatic carbocycles. The summed E-state index contributed by atoms with van der Waals surface area (Å²) in [6, 6.07) is 16.1. The maximum Gasteiger partial charge on any atom is 0.319 e. The van der Waals surface area contributed by atoms with Gasteiger partial charge in [-0.3, -0.25) is 4.98 Å². The van der Waals surface area contributed by atoms with Crippen molar-refractivity contribution in [1.82, 2.24) is 10.3 Å². The third kappa shape index (κ3) is 4.76. The first-order valence-electron chi connectivity index (χ1n) is 8.98. The molecular formula is C22H23N3O4. The molecule has 0 spiro atoms. The van der Waals surface area contributed by atoms with Crippen LogP contribution in [0.3, 0.4) is 0 Å². The Morgan fingerprint density at radius 2 is 1.45 bits per heavy atom. The molecule has 1 unspecified atom stereocenters. The number of carbonyl (C=O) groups excluding carboxylic acids is 1. The van der Waals surface area contributed by atoms with E-state index in [2.05, 4.69) is 15.6 Å². The van der Waals surface area contributed by atoms with Crippen LogP contribution in [0, 0.1) is 0 Å². The first-order valence-corrected chi connectivity index (χ1v) is 8.98. The normalized spacial score (nSPS) is 11.3. The summed E-state index contributed by atoms with van der Waals surface area (Å²) in [6.07, 6.45) is 3.40. The highest BCUT2D eigenvalue weighted by Crippen LogP contribution is 2.39. The van der Waals surface area contributed by atoms with Crippen molar-refractivity contribution in [3.05, 3.63) is 78.1 Å². The van der Waals surface area contributed by atoms with Gasteiger partial charge < -0.3 is 24.8 Å². The van der Waals surface area contributed by atoms with Crippen LogP contribution in [0.1, 0.15) is 17.2 Å². The van der Waals surface area contributed by atoms with Crippen LogP contribution in [-0.4, -0.2) is 32.3 Å². The fourth-order valence-electron chi connectivity index (χ4n) is 3.01. The number of pyridine rings is 1. The lowest BCUT2D eigenvalue weighted by molar-refractivity contribution is 0.250. The van der Waals surface area contributed by atoms with E-state index in [0.717, 1.165) is 11.1 Å². The highest BCUT2D eigenvalue weighted by atomic mass is 16.5. The van der Waals surface area contributed by atoms with Gasteiger partial charge in [0.1, 0.15) is 0 Å². The minimum absolute atomic E-state index is 0.332. The number of anilines is 1. The van der Waals surface area contributed by atoms with E-state index in [-0.39, 0.29) is 12.1 Å². The van der Waals surface area contributed by atoms with Crippen molar-refractivity contribution in [1.29, 1.82) is 0 Å². The quantitative estimate of drug-likeness (QED) is 0.634. The Bertz CT molecular complexity index is 884. The molecule has 7 heteroatoms. The molecule has 2 N–H and O–H groups in total. The summed E-state index contributed by atoms with van der Waals surface area (Å²) in [6.45, 7) is 0. The highest BCUT2D eigenvalue weighted by molar-refractivity contribution is 5.90. The number of nitrogens with zero attached hydrogens (tertiary/aromatic N) is 1. The molecule has 1 atom stereocenters. The van der Waals surface area contributed by atoms with Crippen molar-refractivity contribution < 1.29 is 19.0 Å². The summed E-state index contributed by atoms with van der Waals surface area (Å²) in [5.41, 5.74) is 2.39. The van der Waals surface area contributed by atoms with Gasteiger partial charge in [-0.05, 0) is 23.3 Å². The van der Waals surface area contributed by atoms with E-state index in [1.165, 1.54) is 21.3 Å². The van der Waals surface area contributed by atoms with Crippen molar-refractivity contribution in [2.24, 2.45) is 0 Å². The average molecular weight is 393 g/mol. The maximum absolute atomic E-state index is 12.8. The van der Waals surface area contributed by atoms with Crippen LogP contribution in [0.15, 0.2) is 67.0 Å². The van der Waals surface area contributed by atoms with E-state index < -0.39 is 0 Å². The molecule has 0 saturated carbocycles. The SMILES string of the molecule is COc1cc(NC(=O)NC(c2ccccc2)c2ccncc2)cc(OC)c1OC. The van der Waals surface area contributed by atoms with Gasteiger partial charge in [0.2, 0.25) is 5.75 Å². The molecule has 3 aromatic rings. The average Bonchev–Trinajstić information content (AvgIpc) is 2.77. The molecule has 0 aliphatic heterocycles. The Kier molecular flexibility index (Phi) is 6.52. The van der Waals surface area contributed by atoms with E-state index in [1.54, 1.807) is 24.5 Å². The van der Waals surface area contributed by atoms with E-state index in [9.17, 15) is 4.79 Å². The molecule has 150 valence electrons. The summed E-state index contributed by atoms with van der Waals surface area (Å²) >= 11 is 0. The van der Waals surface area contributed by atoms with Crippen LogP contribution >= 0.6 is 0 Å². The smallest absolute Gasteiger partial charge is 0.319 e. The topological polar surface area (TPSA) is 81.7 Å². The molecule has 1 heterocycles. The Hall–Kier alpha value is -3.74. The molecule has 0 saturated heterocycles. The number of rotatable bonds is 7. The van der Waals surface area contributed by atoms with Gasteiger partial charge in [-0.25, -0.2) is 4.79 Å². The van der Waals surface area contributed by atoms with Crippen LogP contribution in [0.25, 0.3) is 0 Å². The molecule has 2 aromatic carbocycles. The van der Waals surface area contributed by atoms with E-state index in [0.29, 0.717) is 22.9 Å². The number of aromatic nitrogens is 1. The van der Waals surface area contributed by atoms with Gasteiger partial charge in [-0.15, -0.1) is 0 Å². The zero-order valence-electron chi connectivity index (χ0n) is 16.5. The standard InChI is InChI=1S/C22H23N3O4/c1-27-18-13-17(14-19(28-2)21(18)29-3)24-22(26)25-20(15-7-5-4-6-8-15)16-9-11-23-12-10-16/h4-14,20H,1-3H3,(H2,24,25,26). The molecule has 3 rings (SSSR count). The lowest BCUT2D eigenvalue weighted by Gasteiger charge is -2.20. The predicted molar refractivity (Wildman–Crippen MR) is 111 cm³/mol. The lowest BCUT2D eigenvalue weighted by Crippen LogP contribution is -2.33. The van der Waals surface area contributed by atoms with Gasteiger partial charge in [0, 0.05) is 24.5 Å². The van der Waals surface area contributed by atoms with Crippen LogP contribution in [0.5, 0.6) is 17.2 Å². The highest BCUT2D eigenvalue weighted by Gasteiger charge is 2.18. The van der Waals surface area contributed by atoms with E-state index in [4.69, 9.17) is 14.2 Å². The number of hydrogen-bond acceptors (Lipinski definition) is 5. The van der Waals surface area contributed by atoms with Crippen LogP contribution in [0.4, 0.5) is 10.5 Å². The lowest BCUT2D eigenvalue weighted by atomic mass is 10.00. The zero-order chi connectivity index (χ0) is 20.6. The third-order valence-corrected chi connectivity index (χ3v) is 4.37. The summed E-state index contributed by atoms with van der Waals surface area (Å²) in [4.78, 5) is 16.8. The maximum atomic E-state index is 12.8. The Morgan fingerprint density at radius 1 is 0.862 bits per heavy atom. The molecule has 0 bridgehead atoms. The number of ether oxygens (including phenoxy) is 3. The first-order chi connectivity index (χ1) is 14.2. The number of methoxy groups -OCH3 is 3. The number of hydrogen-bond donors (Lipinski definition) is 2. The number of nitrogens with one attached hydrogen (secondary N) is 2. The molecule has 7 nitrogen and oxygen atoms in total. The van der Waals surface area contributed by atoms with E-state index >= 15 is 0 Å². The Labute approximate surface area is 169 Å². The summed E-state index contributed by atoms with van der Waals surface area (Å²) in [5.74, 6) is 1.37. The molecule has 2 amide bonds. The van der Waals surface area contributed by atoms with Gasteiger partial charge in [0.15, 0.2) is 11.5 Å². The Morgan fingerprint density at radius 3 is 2.00 bits per heavy atom. The van der Waals surface area contributed by atoms with Gasteiger partial charge in [0.25, 0.3) is 0 Å². The molecule has 0 aliphatic rings. The summed E-state index contributed by atoms with van der Waals surface area (Å²) in [5, 5.41) is 5.84. The minimum Gasteiger partial charge on any atom is -0.493 e. The molecule has 0 fully saturated rings. The number of carbonyl (C=O) groups is 1. The Balaban J connectivity index is 1.84. The zero-order valence-corrected chi connectivity index (χ0v) is 16.5. The third-order valence-electron chi connectivity index (χ3n) is 4.37. The van der Waals surface area contributed by atoms with Gasteiger partial charge >= 0.3 is 6.03 Å².